The maximum absolute atomic E-state index is 16.0. The Morgan fingerprint density at radius 2 is 1.32 bits per heavy atom. The number of aromatic nitrogens is 1. The number of rotatable bonds is 15. The number of carbonyl (C=O) groups excluding carboxylic acids is 1. The zero-order valence-electron chi connectivity index (χ0n) is 34.6. The number of ether oxygens (including phenoxy) is 4. The number of benzene rings is 5. The molecule has 3 N–H and O–H groups in total. The van der Waals surface area contributed by atoms with Crippen LogP contribution in [0.25, 0.3) is 22.0 Å². The number of hydrogen-bond donors (Lipinski definition) is 3. The van der Waals surface area contributed by atoms with E-state index in [9.17, 15) is 4.79 Å². The summed E-state index contributed by atoms with van der Waals surface area (Å²) < 4.78 is 55.6. The monoisotopic (exact) mass is 830 g/mol. The van der Waals surface area contributed by atoms with Gasteiger partial charge in [-0.05, 0) is 103 Å². The number of fused-ring (bicyclic) bond motifs is 1. The van der Waals surface area contributed by atoms with E-state index in [-0.39, 0.29) is 30.0 Å². The van der Waals surface area contributed by atoms with Crippen molar-refractivity contribution in [2.75, 3.05) is 21.3 Å². The molecule has 312 valence electrons. The number of hydrazine groups is 3. The van der Waals surface area contributed by atoms with Crippen LogP contribution in [0, 0.1) is 0 Å². The molecule has 0 saturated carbocycles. The SMILES string of the molecule is COc1ccc(CN2NNNC2c2c(-c3cccc4ncccc34)ccc(CC(=O)OC(C)(C)C)c2S(=O)(=O)N(Cc2ccc(OC)cc2)Cc2ccc(OC)cc2)cc1. The third kappa shape index (κ3) is 9.60. The van der Waals surface area contributed by atoms with Crippen molar-refractivity contribution in [3.05, 3.63) is 149 Å². The summed E-state index contributed by atoms with van der Waals surface area (Å²) >= 11 is 0. The Balaban J connectivity index is 1.48. The lowest BCUT2D eigenvalue weighted by molar-refractivity contribution is -0.153. The molecule has 1 saturated heterocycles. The second-order valence-electron chi connectivity index (χ2n) is 15.4. The molecule has 2 heterocycles. The largest absolute Gasteiger partial charge is 0.497 e. The number of nitrogens with zero attached hydrogens (tertiary/aromatic N) is 3. The van der Waals surface area contributed by atoms with Crippen molar-refractivity contribution in [2.45, 2.75) is 63.5 Å². The number of nitrogens with one attached hydrogen (secondary N) is 3. The number of esters is 1. The molecular weight excluding hydrogens is 781 g/mol. The lowest BCUT2D eigenvalue weighted by atomic mass is 9.92. The molecule has 60 heavy (non-hydrogen) atoms. The number of pyridine rings is 1. The van der Waals surface area contributed by atoms with Crippen LogP contribution < -0.4 is 30.7 Å². The van der Waals surface area contributed by atoms with Gasteiger partial charge in [-0.3, -0.25) is 9.78 Å². The Bertz CT molecular complexity index is 2490. The van der Waals surface area contributed by atoms with Crippen LogP contribution in [0.2, 0.25) is 0 Å². The highest BCUT2D eigenvalue weighted by molar-refractivity contribution is 7.89. The van der Waals surface area contributed by atoms with Crippen LogP contribution in [0.15, 0.2) is 126 Å². The Kier molecular flexibility index (Phi) is 12.8. The first-order chi connectivity index (χ1) is 28.9. The van der Waals surface area contributed by atoms with E-state index in [1.54, 1.807) is 78.6 Å². The fraction of sp³-hybridized carbons (Fsp3) is 0.261. The first-order valence-electron chi connectivity index (χ1n) is 19.5. The predicted octanol–water partition coefficient (Wildman–Crippen LogP) is 7.23. The summed E-state index contributed by atoms with van der Waals surface area (Å²) in [6, 6.07) is 35.5. The Hall–Kier alpha value is -5.87. The van der Waals surface area contributed by atoms with E-state index in [1.165, 1.54) is 4.31 Å². The second-order valence-corrected chi connectivity index (χ2v) is 17.3. The molecule has 1 atom stereocenters. The smallest absolute Gasteiger partial charge is 0.310 e. The predicted molar refractivity (Wildman–Crippen MR) is 230 cm³/mol. The molecule has 5 aromatic carbocycles. The highest BCUT2D eigenvalue weighted by Gasteiger charge is 2.39. The molecule has 1 aliphatic rings. The van der Waals surface area contributed by atoms with Crippen LogP contribution in [0.4, 0.5) is 0 Å². The van der Waals surface area contributed by atoms with Gasteiger partial charge in [0.1, 0.15) is 29.0 Å². The fourth-order valence-electron chi connectivity index (χ4n) is 7.29. The number of sulfonamides is 1. The van der Waals surface area contributed by atoms with E-state index in [0.717, 1.165) is 33.2 Å². The summed E-state index contributed by atoms with van der Waals surface area (Å²) in [6.45, 7) is 5.73. The Morgan fingerprint density at radius 3 is 1.88 bits per heavy atom. The van der Waals surface area contributed by atoms with Crippen molar-refractivity contribution in [2.24, 2.45) is 0 Å². The molecule has 13 nitrogen and oxygen atoms in total. The Labute approximate surface area is 351 Å². The molecule has 7 rings (SSSR count). The zero-order valence-corrected chi connectivity index (χ0v) is 35.4. The molecule has 1 unspecified atom stereocenters. The van der Waals surface area contributed by atoms with E-state index in [4.69, 9.17) is 18.9 Å². The van der Waals surface area contributed by atoms with Crippen LogP contribution in [0.5, 0.6) is 17.2 Å². The Morgan fingerprint density at radius 1 is 0.733 bits per heavy atom. The number of carbonyl (C=O) groups is 1. The third-order valence-electron chi connectivity index (χ3n) is 10.1. The second kappa shape index (κ2) is 18.2. The van der Waals surface area contributed by atoms with Gasteiger partial charge < -0.3 is 18.9 Å². The van der Waals surface area contributed by atoms with Gasteiger partial charge in [0.05, 0.1) is 38.2 Å². The van der Waals surface area contributed by atoms with Gasteiger partial charge in [0, 0.05) is 36.8 Å². The highest BCUT2D eigenvalue weighted by Crippen LogP contribution is 2.42. The minimum Gasteiger partial charge on any atom is -0.497 e. The van der Waals surface area contributed by atoms with Crippen LogP contribution in [-0.2, 0) is 45.6 Å². The first kappa shape index (κ1) is 42.3. The van der Waals surface area contributed by atoms with Crippen molar-refractivity contribution < 1.29 is 32.2 Å². The van der Waals surface area contributed by atoms with E-state index >= 15 is 8.42 Å². The maximum Gasteiger partial charge on any atom is 0.310 e. The minimum atomic E-state index is -4.50. The van der Waals surface area contributed by atoms with Crippen LogP contribution in [0.1, 0.15) is 54.8 Å². The maximum atomic E-state index is 16.0. The molecule has 0 amide bonds. The van der Waals surface area contributed by atoms with E-state index in [1.807, 2.05) is 89.9 Å². The standard InChI is InChI=1S/C46H50N6O7S/c1-46(2,3)59-42(53)27-34-18-25-40(38-9-7-11-41-39(38)10-8-26-47-41)43(45-48-49-50-52(45)30-33-16-23-37(58-6)24-17-33)44(34)60(54,55)51(28-31-12-19-35(56-4)20-13-31)29-32-14-21-36(57-5)22-15-32/h7-26,45,48-50H,27-30H2,1-6H3. The molecule has 0 aliphatic carbocycles. The van der Waals surface area contributed by atoms with Crippen molar-refractivity contribution >= 4 is 26.9 Å². The zero-order chi connectivity index (χ0) is 42.4. The van der Waals surface area contributed by atoms with Gasteiger partial charge in [-0.2, -0.15) is 15.4 Å². The van der Waals surface area contributed by atoms with Gasteiger partial charge in [-0.25, -0.2) is 18.9 Å². The summed E-state index contributed by atoms with van der Waals surface area (Å²) in [6.07, 6.45) is 0.633. The molecule has 6 aromatic rings. The minimum absolute atomic E-state index is 0.0102. The quantitative estimate of drug-likeness (QED) is 0.0899. The molecular formula is C46H50N6O7S. The van der Waals surface area contributed by atoms with Crippen LogP contribution >= 0.6 is 0 Å². The van der Waals surface area contributed by atoms with Crippen LogP contribution in [-0.4, -0.2) is 55.6 Å². The molecule has 0 spiro atoms. The summed E-state index contributed by atoms with van der Waals surface area (Å²) in [5.74, 6) is 1.44. The molecule has 1 fully saturated rings. The van der Waals surface area contributed by atoms with Crippen molar-refractivity contribution in [3.8, 4) is 28.4 Å². The van der Waals surface area contributed by atoms with Crippen LogP contribution in [0.3, 0.4) is 0 Å². The van der Waals surface area contributed by atoms with Crippen molar-refractivity contribution in [3.63, 3.8) is 0 Å². The molecule has 14 heteroatoms. The third-order valence-corrected chi connectivity index (χ3v) is 12.0. The normalized spacial score (nSPS) is 14.7. The van der Waals surface area contributed by atoms with Gasteiger partial charge in [-0.15, -0.1) is 0 Å². The summed E-state index contributed by atoms with van der Waals surface area (Å²) in [4.78, 5) is 18.4. The number of hydrogen-bond acceptors (Lipinski definition) is 12. The van der Waals surface area contributed by atoms with Crippen molar-refractivity contribution in [1.29, 1.82) is 0 Å². The van der Waals surface area contributed by atoms with E-state index in [2.05, 4.69) is 21.5 Å². The molecule has 1 aliphatic heterocycles. The van der Waals surface area contributed by atoms with E-state index < -0.39 is 27.8 Å². The number of methoxy groups -OCH3 is 3. The van der Waals surface area contributed by atoms with Gasteiger partial charge in [0.15, 0.2) is 0 Å². The topological polar surface area (TPSA) is 144 Å². The summed E-state index contributed by atoms with van der Waals surface area (Å²) in [5.41, 5.74) is 14.0. The first-order valence-corrected chi connectivity index (χ1v) is 20.9. The van der Waals surface area contributed by atoms with Gasteiger partial charge in [0.2, 0.25) is 10.0 Å². The van der Waals surface area contributed by atoms with Gasteiger partial charge in [-0.1, -0.05) is 66.7 Å². The van der Waals surface area contributed by atoms with Crippen molar-refractivity contribution in [1.82, 2.24) is 30.8 Å². The lowest BCUT2D eigenvalue weighted by Crippen LogP contribution is -2.38. The summed E-state index contributed by atoms with van der Waals surface area (Å²) in [7, 11) is 0.286. The average molecular weight is 831 g/mol. The summed E-state index contributed by atoms with van der Waals surface area (Å²) in [5, 5.41) is 2.72. The van der Waals surface area contributed by atoms with E-state index in [0.29, 0.717) is 34.9 Å². The fourth-order valence-corrected chi connectivity index (χ4v) is 9.16. The average Bonchev–Trinajstić information content (AvgIpc) is 3.70. The molecule has 0 bridgehead atoms. The van der Waals surface area contributed by atoms with Gasteiger partial charge >= 0.3 is 5.97 Å². The molecule has 0 radical (unpaired) electrons. The van der Waals surface area contributed by atoms with Gasteiger partial charge in [0.25, 0.3) is 0 Å². The highest BCUT2D eigenvalue weighted by atomic mass is 32.2. The molecule has 1 aromatic heterocycles. The lowest BCUT2D eigenvalue weighted by Gasteiger charge is -2.31.